The molecular formula is C91H148O17P2. The molecule has 0 aromatic rings. The number of aliphatic hydroxyl groups excluding tert-OH is 1. The SMILES string of the molecule is CC/C=C\C/C=C\C/C=C\C/C=C\C/C=C\CCCC(=O)OCC(COP(=O)(O)OCC(O)COP(=O)(O)OCC(COC(=O)CCCCCCCC/C=C\C/C=C\C/C=C\C/C=C\CC)OC(=O)CCCCCCCC/C=C\C/C=C\C/C=C\C/C=C\CC)OC(=O)CCCCCCC/C=C\C/C=C\CCCCC. The lowest BCUT2D eigenvalue weighted by molar-refractivity contribution is -0.161. The van der Waals surface area contributed by atoms with Crippen LogP contribution in [0.3, 0.4) is 0 Å². The molecule has 17 nitrogen and oxygen atoms in total. The lowest BCUT2D eigenvalue weighted by atomic mass is 10.1. The first-order valence-electron chi connectivity index (χ1n) is 42.0. The van der Waals surface area contributed by atoms with E-state index in [1.54, 1.807) is 0 Å². The second-order valence-corrected chi connectivity index (χ2v) is 30.2. The van der Waals surface area contributed by atoms with Crippen LogP contribution < -0.4 is 0 Å². The number of carbonyl (C=O) groups is 4. The summed E-state index contributed by atoms with van der Waals surface area (Å²) in [6.07, 6.45) is 98.6. The topological polar surface area (TPSA) is 237 Å². The van der Waals surface area contributed by atoms with E-state index in [4.69, 9.17) is 37.0 Å². The molecule has 624 valence electrons. The standard InChI is InChI=1S/C91H148O17P2/c1-5-9-13-17-21-25-29-33-37-40-42-45-49-52-56-60-64-68-72-76-89(94)102-82-87(108-91(96)78-74-70-66-62-58-54-50-46-43-41-38-34-30-26-22-18-14-10-6-2)84-106-110(99,100)104-80-85(92)79-103-109(97,98)105-83-86(107-90(95)77-73-69-65-61-57-53-47-36-32-28-24-20-16-12-8-4)81-101-88(93)75-71-67-63-59-55-51-48-44-39-35-31-27-23-19-15-11-7-3/h9-11,13-15,21-28,33-39,42-43,45-48,51,59,63,85-87,92H,5-8,12,16-20,29-32,40-41,44,49-50,52-58,60-62,64-84H2,1-4H3,(H,97,98)(H,99,100)/b13-9-,14-10-,15-11-,25-21-,26-22-,27-23-,28-24-,37-33-,38-34-,39-35-,45-42-,46-43-,47-36-,51-48-,63-59-. The maximum Gasteiger partial charge on any atom is 0.472 e. The van der Waals surface area contributed by atoms with Crippen molar-refractivity contribution in [3.05, 3.63) is 182 Å². The molecule has 110 heavy (non-hydrogen) atoms. The van der Waals surface area contributed by atoms with Gasteiger partial charge in [-0.1, -0.05) is 293 Å². The molecule has 5 atom stereocenters. The maximum atomic E-state index is 13.1. The zero-order valence-corrected chi connectivity index (χ0v) is 70.1. The Bertz CT molecular complexity index is 2800. The van der Waals surface area contributed by atoms with Crippen LogP contribution in [0.1, 0.15) is 310 Å². The molecule has 0 spiro atoms. The van der Waals surface area contributed by atoms with Gasteiger partial charge in [0.05, 0.1) is 26.4 Å². The molecule has 0 heterocycles. The molecule has 0 radical (unpaired) electrons. The molecule has 0 fully saturated rings. The van der Waals surface area contributed by atoms with Crippen LogP contribution in [0.25, 0.3) is 0 Å². The van der Waals surface area contributed by atoms with Gasteiger partial charge in [-0.2, -0.15) is 0 Å². The van der Waals surface area contributed by atoms with Crippen molar-refractivity contribution in [3.8, 4) is 0 Å². The highest BCUT2D eigenvalue weighted by atomic mass is 31.2. The summed E-state index contributed by atoms with van der Waals surface area (Å²) in [5.74, 6) is -2.30. The highest BCUT2D eigenvalue weighted by Gasteiger charge is 2.30. The summed E-state index contributed by atoms with van der Waals surface area (Å²) in [6.45, 7) is 4.40. The van der Waals surface area contributed by atoms with Gasteiger partial charge in [0.2, 0.25) is 0 Å². The van der Waals surface area contributed by atoms with Crippen molar-refractivity contribution in [2.75, 3.05) is 39.6 Å². The predicted octanol–water partition coefficient (Wildman–Crippen LogP) is 25.1. The van der Waals surface area contributed by atoms with Crippen LogP contribution in [0.5, 0.6) is 0 Å². The Hall–Kier alpha value is -5.84. The second-order valence-electron chi connectivity index (χ2n) is 27.3. The highest BCUT2D eigenvalue weighted by Crippen LogP contribution is 2.45. The number of hydrogen-bond acceptors (Lipinski definition) is 15. The molecule has 19 heteroatoms. The molecule has 0 aliphatic heterocycles. The van der Waals surface area contributed by atoms with Crippen LogP contribution in [0.2, 0.25) is 0 Å². The molecule has 5 unspecified atom stereocenters. The Morgan fingerprint density at radius 1 is 0.264 bits per heavy atom. The van der Waals surface area contributed by atoms with E-state index in [0.717, 1.165) is 205 Å². The Balaban J connectivity index is 5.48. The first kappa shape index (κ1) is 104. The Kier molecular flexibility index (Phi) is 76.9. The average Bonchev–Trinajstić information content (AvgIpc) is 0.911. The van der Waals surface area contributed by atoms with Crippen molar-refractivity contribution in [2.45, 2.75) is 329 Å². The largest absolute Gasteiger partial charge is 0.472 e. The summed E-state index contributed by atoms with van der Waals surface area (Å²) in [5, 5.41) is 10.7. The van der Waals surface area contributed by atoms with E-state index in [0.29, 0.717) is 32.1 Å². The molecule has 0 aliphatic rings. The molecule has 3 N–H and O–H groups in total. The summed E-state index contributed by atoms with van der Waals surface area (Å²) in [6, 6.07) is 0. The molecule has 0 aromatic carbocycles. The summed E-state index contributed by atoms with van der Waals surface area (Å²) < 4.78 is 68.7. The van der Waals surface area contributed by atoms with E-state index in [1.807, 2.05) is 12.2 Å². The third kappa shape index (κ3) is 80.2. The molecule has 0 amide bonds. The zero-order valence-electron chi connectivity index (χ0n) is 68.4. The molecule has 0 bridgehead atoms. The first-order valence-corrected chi connectivity index (χ1v) is 45.0. The lowest BCUT2D eigenvalue weighted by Crippen LogP contribution is -2.30. The number of phosphoric ester groups is 2. The molecule has 0 saturated heterocycles. The number of esters is 4. The number of rotatable bonds is 77. The smallest absolute Gasteiger partial charge is 0.462 e. The van der Waals surface area contributed by atoms with Crippen LogP contribution in [-0.2, 0) is 65.4 Å². The minimum Gasteiger partial charge on any atom is -0.462 e. The van der Waals surface area contributed by atoms with Crippen molar-refractivity contribution in [1.82, 2.24) is 0 Å². The summed E-state index contributed by atoms with van der Waals surface area (Å²) in [7, 11) is -10.0. The van der Waals surface area contributed by atoms with Gasteiger partial charge in [-0.05, 0) is 173 Å². The average molecular weight is 1580 g/mol. The van der Waals surface area contributed by atoms with Crippen LogP contribution in [0.4, 0.5) is 0 Å². The Labute approximate surface area is 666 Å². The fourth-order valence-electron chi connectivity index (χ4n) is 10.6. The van der Waals surface area contributed by atoms with Gasteiger partial charge in [0.1, 0.15) is 19.3 Å². The fraction of sp³-hybridized carbons (Fsp3) is 0.626. The van der Waals surface area contributed by atoms with Crippen molar-refractivity contribution < 1.29 is 80.2 Å². The number of unbranched alkanes of at least 4 members (excludes halogenated alkanes) is 21. The summed E-state index contributed by atoms with van der Waals surface area (Å²) >= 11 is 0. The third-order valence-corrected chi connectivity index (χ3v) is 18.7. The van der Waals surface area contributed by atoms with E-state index in [-0.39, 0.29) is 25.7 Å². The van der Waals surface area contributed by atoms with Crippen molar-refractivity contribution in [2.24, 2.45) is 0 Å². The van der Waals surface area contributed by atoms with E-state index in [2.05, 4.69) is 198 Å². The van der Waals surface area contributed by atoms with Gasteiger partial charge in [0.15, 0.2) is 12.2 Å². The van der Waals surface area contributed by atoms with Gasteiger partial charge in [-0.3, -0.25) is 37.3 Å². The van der Waals surface area contributed by atoms with Crippen LogP contribution in [0, 0.1) is 0 Å². The van der Waals surface area contributed by atoms with Gasteiger partial charge in [-0.15, -0.1) is 0 Å². The number of hydrogen-bond donors (Lipinski definition) is 3. The lowest BCUT2D eigenvalue weighted by Gasteiger charge is -2.21. The Morgan fingerprint density at radius 3 is 0.764 bits per heavy atom. The third-order valence-electron chi connectivity index (χ3n) is 16.8. The Morgan fingerprint density at radius 2 is 0.482 bits per heavy atom. The predicted molar refractivity (Wildman–Crippen MR) is 454 cm³/mol. The van der Waals surface area contributed by atoms with Crippen molar-refractivity contribution in [3.63, 3.8) is 0 Å². The molecular weight excluding hydrogens is 1430 g/mol. The molecule has 0 aromatic heterocycles. The molecule has 0 saturated carbocycles. The second kappa shape index (κ2) is 81.2. The van der Waals surface area contributed by atoms with Gasteiger partial charge >= 0.3 is 39.5 Å². The van der Waals surface area contributed by atoms with Crippen LogP contribution in [0.15, 0.2) is 182 Å². The summed E-state index contributed by atoms with van der Waals surface area (Å²) in [4.78, 5) is 73.2. The van der Waals surface area contributed by atoms with Gasteiger partial charge in [0, 0.05) is 25.7 Å². The zero-order chi connectivity index (χ0) is 80.3. The number of ether oxygens (including phenoxy) is 4. The summed E-state index contributed by atoms with van der Waals surface area (Å²) in [5.41, 5.74) is 0. The van der Waals surface area contributed by atoms with E-state index >= 15 is 0 Å². The van der Waals surface area contributed by atoms with Gasteiger partial charge in [-0.25, -0.2) is 9.13 Å². The van der Waals surface area contributed by atoms with Crippen molar-refractivity contribution in [1.29, 1.82) is 0 Å². The maximum absolute atomic E-state index is 13.1. The van der Waals surface area contributed by atoms with Crippen LogP contribution in [-0.4, -0.2) is 96.7 Å². The number of aliphatic hydroxyl groups is 1. The van der Waals surface area contributed by atoms with E-state index in [9.17, 15) is 43.2 Å². The van der Waals surface area contributed by atoms with Gasteiger partial charge in [0.25, 0.3) is 0 Å². The monoisotopic (exact) mass is 1580 g/mol. The highest BCUT2D eigenvalue weighted by molar-refractivity contribution is 7.47. The van der Waals surface area contributed by atoms with Crippen molar-refractivity contribution >= 4 is 39.5 Å². The quantitative estimate of drug-likeness (QED) is 0.0169. The molecule has 0 aliphatic carbocycles. The number of allylic oxidation sites excluding steroid dienone is 30. The van der Waals surface area contributed by atoms with Gasteiger partial charge < -0.3 is 33.8 Å². The fourth-order valence-corrected chi connectivity index (χ4v) is 12.1. The normalized spacial score (nSPS) is 14.7. The number of carbonyl (C=O) groups excluding carboxylic acids is 4. The molecule has 0 rings (SSSR count). The number of phosphoric acid groups is 2. The minimum atomic E-state index is -5.01. The first-order chi connectivity index (χ1) is 53.7. The minimum absolute atomic E-state index is 0.0603. The van der Waals surface area contributed by atoms with E-state index in [1.165, 1.54) is 19.3 Å². The van der Waals surface area contributed by atoms with E-state index < -0.39 is 97.5 Å². The van der Waals surface area contributed by atoms with Crippen LogP contribution >= 0.6 is 15.6 Å².